The highest BCUT2D eigenvalue weighted by atomic mass is 35.5. The molecule has 3 amide bonds. The highest BCUT2D eigenvalue weighted by Gasteiger charge is 2.32. The molecule has 9 nitrogen and oxygen atoms in total. The quantitative estimate of drug-likeness (QED) is 0.168. The van der Waals surface area contributed by atoms with E-state index in [4.69, 9.17) is 17.3 Å². The molecular formula is C33H43ClN4O5. The van der Waals surface area contributed by atoms with Crippen LogP contribution in [0.5, 0.6) is 0 Å². The zero-order valence-corrected chi connectivity index (χ0v) is 25.8. The van der Waals surface area contributed by atoms with Crippen molar-refractivity contribution >= 4 is 46.2 Å². The first-order valence-electron chi connectivity index (χ1n) is 15.1. The van der Waals surface area contributed by atoms with Crippen molar-refractivity contribution in [2.24, 2.45) is 5.73 Å². The van der Waals surface area contributed by atoms with E-state index < -0.39 is 29.9 Å². The van der Waals surface area contributed by atoms with Crippen LogP contribution in [0.25, 0.3) is 10.9 Å². The van der Waals surface area contributed by atoms with Gasteiger partial charge in [-0.3, -0.25) is 19.2 Å². The van der Waals surface area contributed by atoms with Crippen molar-refractivity contribution in [2.45, 2.75) is 90.3 Å². The molecule has 1 heterocycles. The van der Waals surface area contributed by atoms with Gasteiger partial charge in [0.25, 0.3) is 5.91 Å². The van der Waals surface area contributed by atoms with Crippen molar-refractivity contribution in [3.8, 4) is 0 Å². The van der Waals surface area contributed by atoms with Gasteiger partial charge in [-0.2, -0.15) is 0 Å². The first-order chi connectivity index (χ1) is 20.7. The lowest BCUT2D eigenvalue weighted by Gasteiger charge is -2.34. The largest absolute Gasteiger partial charge is 0.481 e. The Hall–Kier alpha value is -3.85. The van der Waals surface area contributed by atoms with E-state index in [0.29, 0.717) is 30.1 Å². The summed E-state index contributed by atoms with van der Waals surface area (Å²) in [7, 11) is 0. The van der Waals surface area contributed by atoms with E-state index in [9.17, 15) is 24.3 Å². The van der Waals surface area contributed by atoms with Crippen LogP contribution in [0.1, 0.15) is 87.6 Å². The number of nitrogens with zero attached hydrogens (tertiary/aromatic N) is 2. The van der Waals surface area contributed by atoms with Crippen LogP contribution in [0.3, 0.4) is 0 Å². The highest BCUT2D eigenvalue weighted by Crippen LogP contribution is 2.25. The topological polar surface area (TPSA) is 135 Å². The molecule has 3 rings (SSSR count). The Morgan fingerprint density at radius 1 is 0.977 bits per heavy atom. The molecule has 0 bridgehead atoms. The highest BCUT2D eigenvalue weighted by molar-refractivity contribution is 6.31. The van der Waals surface area contributed by atoms with Gasteiger partial charge >= 0.3 is 5.97 Å². The van der Waals surface area contributed by atoms with Gasteiger partial charge < -0.3 is 25.6 Å². The van der Waals surface area contributed by atoms with E-state index in [0.717, 1.165) is 42.1 Å². The Balaban J connectivity index is 1.95. The first-order valence-corrected chi connectivity index (χ1v) is 15.5. The normalized spacial score (nSPS) is 12.5. The zero-order chi connectivity index (χ0) is 31.4. The van der Waals surface area contributed by atoms with Crippen LogP contribution in [0.15, 0.2) is 54.7 Å². The van der Waals surface area contributed by atoms with E-state index in [1.54, 1.807) is 11.1 Å². The monoisotopic (exact) mass is 610 g/mol. The van der Waals surface area contributed by atoms with Crippen molar-refractivity contribution in [1.29, 1.82) is 0 Å². The third-order valence-electron chi connectivity index (χ3n) is 7.62. The number of aliphatic carboxylic acids is 1. The fraction of sp³-hybridized carbons (Fsp3) is 0.455. The van der Waals surface area contributed by atoms with E-state index in [1.807, 2.05) is 66.9 Å². The fourth-order valence-electron chi connectivity index (χ4n) is 5.36. The lowest BCUT2D eigenvalue weighted by molar-refractivity contribution is -0.139. The summed E-state index contributed by atoms with van der Waals surface area (Å²) >= 11 is 6.42. The second-order valence-electron chi connectivity index (χ2n) is 10.9. The molecule has 0 aliphatic heterocycles. The molecule has 43 heavy (non-hydrogen) atoms. The maximum absolute atomic E-state index is 14.1. The number of carboxylic acids is 1. The third kappa shape index (κ3) is 9.58. The van der Waals surface area contributed by atoms with E-state index in [-0.39, 0.29) is 31.6 Å². The third-order valence-corrected chi connectivity index (χ3v) is 7.99. The summed E-state index contributed by atoms with van der Waals surface area (Å²) in [6, 6.07) is 13.7. The molecule has 1 aromatic heterocycles. The molecule has 0 unspecified atom stereocenters. The number of para-hydroxylation sites is 1. The first kappa shape index (κ1) is 33.6. The Morgan fingerprint density at radius 3 is 2.35 bits per heavy atom. The van der Waals surface area contributed by atoms with Gasteiger partial charge in [0.05, 0.1) is 5.56 Å². The number of carbonyl (C=O) groups is 4. The minimum atomic E-state index is -0.974. The molecule has 10 heteroatoms. The van der Waals surface area contributed by atoms with Gasteiger partial charge in [0, 0.05) is 54.1 Å². The number of nitrogens with one attached hydrogen (secondary N) is 1. The van der Waals surface area contributed by atoms with Crippen LogP contribution in [0.2, 0.25) is 5.02 Å². The maximum atomic E-state index is 14.1. The van der Waals surface area contributed by atoms with Gasteiger partial charge in [-0.1, -0.05) is 81.1 Å². The average Bonchev–Trinajstić information content (AvgIpc) is 3.34. The zero-order valence-electron chi connectivity index (χ0n) is 25.1. The van der Waals surface area contributed by atoms with Crippen molar-refractivity contribution in [2.75, 3.05) is 6.54 Å². The van der Waals surface area contributed by atoms with Crippen LogP contribution >= 0.6 is 11.6 Å². The van der Waals surface area contributed by atoms with Crippen molar-refractivity contribution in [3.05, 3.63) is 70.9 Å². The summed E-state index contributed by atoms with van der Waals surface area (Å²) in [5, 5.41) is 13.5. The second kappa shape index (κ2) is 16.7. The molecule has 232 valence electrons. The smallest absolute Gasteiger partial charge is 0.303 e. The van der Waals surface area contributed by atoms with Gasteiger partial charge in [-0.25, -0.2) is 0 Å². The van der Waals surface area contributed by atoms with E-state index in [2.05, 4.69) is 5.32 Å². The molecule has 0 saturated heterocycles. The predicted molar refractivity (Wildman–Crippen MR) is 169 cm³/mol. The Kier molecular flexibility index (Phi) is 13.1. The Morgan fingerprint density at radius 2 is 1.67 bits per heavy atom. The lowest BCUT2D eigenvalue weighted by atomic mass is 10.0. The molecule has 2 aromatic carbocycles. The Labute approximate surface area is 258 Å². The SMILES string of the molecule is CCCC[C@@H](CC(N)=O)N(CCCC)C(=O)[C@H](CCCC(=O)O)NC(=O)c1cn(Cc2ccccc2Cl)c2ccccc12. The molecule has 2 atom stereocenters. The second-order valence-corrected chi connectivity index (χ2v) is 11.4. The molecule has 4 N–H and O–H groups in total. The molecule has 0 spiro atoms. The van der Waals surface area contributed by atoms with Gasteiger partial charge in [0.15, 0.2) is 0 Å². The minimum Gasteiger partial charge on any atom is -0.481 e. The van der Waals surface area contributed by atoms with E-state index >= 15 is 0 Å². The summed E-state index contributed by atoms with van der Waals surface area (Å²) in [5.41, 5.74) is 7.72. The van der Waals surface area contributed by atoms with Crippen LogP contribution < -0.4 is 11.1 Å². The summed E-state index contributed by atoms with van der Waals surface area (Å²) in [6.07, 6.45) is 5.88. The number of benzene rings is 2. The predicted octanol–water partition coefficient (Wildman–Crippen LogP) is 5.76. The molecule has 0 aliphatic carbocycles. The van der Waals surface area contributed by atoms with E-state index in [1.165, 1.54) is 0 Å². The Bertz CT molecular complexity index is 1400. The van der Waals surface area contributed by atoms with Crippen LogP contribution in [0.4, 0.5) is 0 Å². The maximum Gasteiger partial charge on any atom is 0.303 e. The number of carbonyl (C=O) groups excluding carboxylic acids is 3. The lowest BCUT2D eigenvalue weighted by Crippen LogP contribution is -2.53. The number of hydrogen-bond acceptors (Lipinski definition) is 4. The summed E-state index contributed by atoms with van der Waals surface area (Å²) in [4.78, 5) is 52.9. The minimum absolute atomic E-state index is 0.0286. The van der Waals surface area contributed by atoms with Gasteiger partial charge in [0.2, 0.25) is 11.8 Å². The number of nitrogens with two attached hydrogens (primary N) is 1. The number of unbranched alkanes of at least 4 members (excludes halogenated alkanes) is 2. The number of hydrogen-bond donors (Lipinski definition) is 3. The number of aromatic nitrogens is 1. The molecule has 0 fully saturated rings. The molecule has 0 radical (unpaired) electrons. The van der Waals surface area contributed by atoms with Gasteiger partial charge in [0.1, 0.15) is 6.04 Å². The van der Waals surface area contributed by atoms with Crippen molar-refractivity contribution in [1.82, 2.24) is 14.8 Å². The van der Waals surface area contributed by atoms with Gasteiger partial charge in [-0.05, 0) is 43.4 Å². The van der Waals surface area contributed by atoms with Crippen LogP contribution in [0, 0.1) is 0 Å². The molecular weight excluding hydrogens is 568 g/mol. The summed E-state index contributed by atoms with van der Waals surface area (Å²) in [6.45, 7) is 4.92. The fourth-order valence-corrected chi connectivity index (χ4v) is 5.56. The number of rotatable bonds is 18. The van der Waals surface area contributed by atoms with Gasteiger partial charge in [-0.15, -0.1) is 0 Å². The number of carboxylic acid groups (broad SMARTS) is 1. The number of fused-ring (bicyclic) bond motifs is 1. The van der Waals surface area contributed by atoms with Crippen molar-refractivity contribution in [3.63, 3.8) is 0 Å². The summed E-state index contributed by atoms with van der Waals surface area (Å²) < 4.78 is 1.95. The summed E-state index contributed by atoms with van der Waals surface area (Å²) in [5.74, 6) is -2.22. The molecule has 0 saturated carbocycles. The standard InChI is InChI=1S/C33H43ClN4O5/c1-3-5-13-24(20-30(35)39)38(19-6-4-2)33(43)28(16-11-18-31(40)41)36-32(42)26-22-37(29-17-10-8-14-25(26)29)21-23-12-7-9-15-27(23)34/h7-10,12,14-15,17,22,24,28H,3-6,11,13,16,18-21H2,1-2H3,(H2,35,39)(H,36,42)(H,40,41)/t24-,28-/m0/s1. The molecule has 3 aromatic rings. The molecule has 0 aliphatic rings. The number of halogens is 1. The van der Waals surface area contributed by atoms with Crippen molar-refractivity contribution < 1.29 is 24.3 Å². The number of primary amides is 1. The van der Waals surface area contributed by atoms with Crippen LogP contribution in [-0.2, 0) is 20.9 Å². The number of amides is 3. The van der Waals surface area contributed by atoms with Crippen LogP contribution in [-0.4, -0.2) is 56.9 Å². The average molecular weight is 611 g/mol.